The molecule has 1 aliphatic rings. The summed E-state index contributed by atoms with van der Waals surface area (Å²) in [6.07, 6.45) is 5.33. The molecule has 0 bridgehead atoms. The van der Waals surface area contributed by atoms with Crippen molar-refractivity contribution in [3.05, 3.63) is 48.6 Å². The molecule has 1 heterocycles. The number of amides is 2. The highest BCUT2D eigenvalue weighted by atomic mass is 16.6. The second kappa shape index (κ2) is 10.5. The number of carbonyl (C=O) groups excluding carboxylic acids is 2. The van der Waals surface area contributed by atoms with Crippen LogP contribution in [0.5, 0.6) is 0 Å². The number of hydrogen-bond donors (Lipinski definition) is 1. The van der Waals surface area contributed by atoms with Gasteiger partial charge in [0.25, 0.3) is 0 Å². The SMILES string of the molecule is C=CCCCCCC(CC(=O)O)C(=O)N1C(=O)OCC1Cc1ccccc1. The highest BCUT2D eigenvalue weighted by Gasteiger charge is 2.41. The normalized spacial score (nSPS) is 17.4. The molecule has 2 unspecified atom stereocenters. The summed E-state index contributed by atoms with van der Waals surface area (Å²) < 4.78 is 5.09. The number of benzene rings is 1. The number of rotatable bonds is 11. The molecule has 146 valence electrons. The van der Waals surface area contributed by atoms with E-state index in [1.165, 1.54) is 0 Å². The van der Waals surface area contributed by atoms with Gasteiger partial charge in [-0.1, -0.05) is 49.2 Å². The number of unbranched alkanes of at least 4 members (excludes halogenated alkanes) is 3. The van der Waals surface area contributed by atoms with E-state index in [2.05, 4.69) is 6.58 Å². The van der Waals surface area contributed by atoms with Crippen LogP contribution in [0.15, 0.2) is 43.0 Å². The molecule has 0 aromatic heterocycles. The second-order valence-corrected chi connectivity index (χ2v) is 6.85. The first-order valence-electron chi connectivity index (χ1n) is 9.39. The van der Waals surface area contributed by atoms with Gasteiger partial charge in [0.2, 0.25) is 5.91 Å². The third-order valence-electron chi connectivity index (χ3n) is 4.74. The Morgan fingerprint density at radius 3 is 2.67 bits per heavy atom. The third kappa shape index (κ3) is 6.24. The molecular formula is C21H27NO5. The number of carboxylic acid groups (broad SMARTS) is 1. The highest BCUT2D eigenvalue weighted by molar-refractivity contribution is 5.96. The lowest BCUT2D eigenvalue weighted by molar-refractivity contribution is -0.144. The van der Waals surface area contributed by atoms with Crippen molar-refractivity contribution in [1.29, 1.82) is 0 Å². The molecule has 1 fully saturated rings. The zero-order valence-corrected chi connectivity index (χ0v) is 15.5. The highest BCUT2D eigenvalue weighted by Crippen LogP contribution is 2.24. The first-order valence-corrected chi connectivity index (χ1v) is 9.39. The van der Waals surface area contributed by atoms with Gasteiger partial charge in [-0.25, -0.2) is 9.69 Å². The van der Waals surface area contributed by atoms with Gasteiger partial charge in [0.1, 0.15) is 6.61 Å². The minimum atomic E-state index is -1.04. The number of aliphatic carboxylic acids is 1. The van der Waals surface area contributed by atoms with E-state index in [9.17, 15) is 19.5 Å². The maximum Gasteiger partial charge on any atom is 0.416 e. The van der Waals surface area contributed by atoms with Crippen LogP contribution in [0.4, 0.5) is 4.79 Å². The van der Waals surface area contributed by atoms with Crippen LogP contribution in [0.25, 0.3) is 0 Å². The average molecular weight is 373 g/mol. The second-order valence-electron chi connectivity index (χ2n) is 6.85. The summed E-state index contributed by atoms with van der Waals surface area (Å²) in [5.74, 6) is -2.19. The van der Waals surface area contributed by atoms with Crippen molar-refractivity contribution in [3.8, 4) is 0 Å². The molecule has 1 saturated heterocycles. The minimum Gasteiger partial charge on any atom is -0.481 e. The summed E-state index contributed by atoms with van der Waals surface area (Å²) in [6.45, 7) is 3.81. The minimum absolute atomic E-state index is 0.137. The maximum atomic E-state index is 13.0. The van der Waals surface area contributed by atoms with Crippen molar-refractivity contribution in [2.24, 2.45) is 5.92 Å². The van der Waals surface area contributed by atoms with Crippen LogP contribution in [0, 0.1) is 5.92 Å². The monoisotopic (exact) mass is 373 g/mol. The molecule has 6 nitrogen and oxygen atoms in total. The summed E-state index contributed by atoms with van der Waals surface area (Å²) in [6, 6.07) is 9.16. The molecule has 0 aliphatic carbocycles. The quantitative estimate of drug-likeness (QED) is 0.471. The van der Waals surface area contributed by atoms with E-state index in [0.717, 1.165) is 36.1 Å². The zero-order chi connectivity index (χ0) is 19.6. The maximum absolute atomic E-state index is 13.0. The van der Waals surface area contributed by atoms with Gasteiger partial charge in [-0.2, -0.15) is 0 Å². The fourth-order valence-electron chi connectivity index (χ4n) is 3.34. The summed E-state index contributed by atoms with van der Waals surface area (Å²) in [5.41, 5.74) is 0.998. The van der Waals surface area contributed by atoms with Gasteiger partial charge in [0.05, 0.1) is 12.5 Å². The summed E-state index contributed by atoms with van der Waals surface area (Å²) in [5, 5.41) is 9.18. The molecule has 1 N–H and O–H groups in total. The number of nitrogens with zero attached hydrogens (tertiary/aromatic N) is 1. The van der Waals surface area contributed by atoms with Crippen LogP contribution >= 0.6 is 0 Å². The molecule has 1 aliphatic heterocycles. The van der Waals surface area contributed by atoms with E-state index in [1.54, 1.807) is 0 Å². The first kappa shape index (κ1) is 20.7. The van der Waals surface area contributed by atoms with Crippen LogP contribution in [0.3, 0.4) is 0 Å². The zero-order valence-electron chi connectivity index (χ0n) is 15.5. The van der Waals surface area contributed by atoms with Gasteiger partial charge >= 0.3 is 12.1 Å². The van der Waals surface area contributed by atoms with E-state index in [4.69, 9.17) is 4.74 Å². The topological polar surface area (TPSA) is 83.9 Å². The first-order chi connectivity index (χ1) is 13.0. The van der Waals surface area contributed by atoms with Crippen LogP contribution in [-0.2, 0) is 20.7 Å². The van der Waals surface area contributed by atoms with Crippen LogP contribution in [-0.4, -0.2) is 40.6 Å². The summed E-state index contributed by atoms with van der Waals surface area (Å²) >= 11 is 0. The van der Waals surface area contributed by atoms with Gasteiger partial charge in [-0.05, 0) is 31.2 Å². The average Bonchev–Trinajstić information content (AvgIpc) is 3.00. The van der Waals surface area contributed by atoms with E-state index in [0.29, 0.717) is 12.8 Å². The van der Waals surface area contributed by atoms with E-state index < -0.39 is 29.9 Å². The number of imide groups is 1. The van der Waals surface area contributed by atoms with Gasteiger partial charge < -0.3 is 9.84 Å². The van der Waals surface area contributed by atoms with Crippen LogP contribution in [0.2, 0.25) is 0 Å². The molecular weight excluding hydrogens is 346 g/mol. The Labute approximate surface area is 159 Å². The van der Waals surface area contributed by atoms with Gasteiger partial charge in [-0.3, -0.25) is 9.59 Å². The molecule has 27 heavy (non-hydrogen) atoms. The van der Waals surface area contributed by atoms with Gasteiger partial charge in [0.15, 0.2) is 0 Å². The van der Waals surface area contributed by atoms with Crippen molar-refractivity contribution in [2.75, 3.05) is 6.61 Å². The Morgan fingerprint density at radius 2 is 2.00 bits per heavy atom. The Hall–Kier alpha value is -2.63. The van der Waals surface area contributed by atoms with Crippen molar-refractivity contribution >= 4 is 18.0 Å². The predicted octanol–water partition coefficient (Wildman–Crippen LogP) is 3.80. The van der Waals surface area contributed by atoms with E-state index >= 15 is 0 Å². The Morgan fingerprint density at radius 1 is 1.26 bits per heavy atom. The Balaban J connectivity index is 2.04. The van der Waals surface area contributed by atoms with E-state index in [1.807, 2.05) is 36.4 Å². The number of hydrogen-bond acceptors (Lipinski definition) is 4. The lowest BCUT2D eigenvalue weighted by atomic mass is 9.95. The smallest absolute Gasteiger partial charge is 0.416 e. The van der Waals surface area contributed by atoms with Gasteiger partial charge in [-0.15, -0.1) is 6.58 Å². The largest absolute Gasteiger partial charge is 0.481 e. The molecule has 1 aromatic carbocycles. The lowest BCUT2D eigenvalue weighted by Crippen LogP contribution is -2.44. The predicted molar refractivity (Wildman–Crippen MR) is 101 cm³/mol. The molecule has 2 rings (SSSR count). The van der Waals surface area contributed by atoms with Crippen molar-refractivity contribution in [3.63, 3.8) is 0 Å². The lowest BCUT2D eigenvalue weighted by Gasteiger charge is -2.24. The fraction of sp³-hybridized carbons (Fsp3) is 0.476. The molecule has 0 radical (unpaired) electrons. The number of ether oxygens (including phenoxy) is 1. The van der Waals surface area contributed by atoms with Crippen LogP contribution in [0.1, 0.15) is 44.1 Å². The summed E-state index contributed by atoms with van der Waals surface area (Å²) in [7, 11) is 0. The fourth-order valence-corrected chi connectivity index (χ4v) is 3.34. The number of allylic oxidation sites excluding steroid dienone is 1. The third-order valence-corrected chi connectivity index (χ3v) is 4.74. The molecule has 2 atom stereocenters. The van der Waals surface area contributed by atoms with Crippen molar-refractivity contribution in [2.45, 2.75) is 51.0 Å². The molecule has 2 amide bonds. The molecule has 1 aromatic rings. The molecule has 6 heteroatoms. The molecule has 0 spiro atoms. The Kier molecular flexibility index (Phi) is 8.04. The standard InChI is InChI=1S/C21H27NO5/c1-2-3-4-5-9-12-17(14-19(23)24)20(25)22-18(15-27-21(22)26)13-16-10-7-6-8-11-16/h2,6-8,10-11,17-18H,1,3-5,9,12-15H2,(H,23,24). The van der Waals surface area contributed by atoms with Crippen molar-refractivity contribution in [1.82, 2.24) is 4.90 Å². The number of carboxylic acids is 1. The molecule has 0 saturated carbocycles. The van der Waals surface area contributed by atoms with Crippen molar-refractivity contribution < 1.29 is 24.2 Å². The van der Waals surface area contributed by atoms with Gasteiger partial charge in [0, 0.05) is 5.92 Å². The van der Waals surface area contributed by atoms with E-state index in [-0.39, 0.29) is 13.0 Å². The van der Waals surface area contributed by atoms with Crippen LogP contribution < -0.4 is 0 Å². The number of carbonyl (C=O) groups is 3. The summed E-state index contributed by atoms with van der Waals surface area (Å²) in [4.78, 5) is 37.5. The number of cyclic esters (lactones) is 1. The Bertz CT molecular complexity index is 658.